The summed E-state index contributed by atoms with van der Waals surface area (Å²) >= 11 is 0. The van der Waals surface area contributed by atoms with Crippen LogP contribution in [0.2, 0.25) is 0 Å². The zero-order valence-corrected chi connectivity index (χ0v) is 16.2. The van der Waals surface area contributed by atoms with Crippen LogP contribution in [0.25, 0.3) is 0 Å². The molecule has 1 aromatic heterocycles. The van der Waals surface area contributed by atoms with Crippen molar-refractivity contribution in [2.45, 2.75) is 31.8 Å². The van der Waals surface area contributed by atoms with Gasteiger partial charge in [-0.25, -0.2) is 4.79 Å². The lowest BCUT2D eigenvalue weighted by Gasteiger charge is -2.17. The first-order valence-corrected chi connectivity index (χ1v) is 12.2. The normalized spacial score (nSPS) is 26.8. The van der Waals surface area contributed by atoms with E-state index in [1.54, 1.807) is 0 Å². The molecule has 0 aromatic carbocycles. The van der Waals surface area contributed by atoms with E-state index in [4.69, 9.17) is 9.26 Å². The fourth-order valence-corrected chi connectivity index (χ4v) is 3.74. The number of aromatic amines is 1. The van der Waals surface area contributed by atoms with E-state index >= 15 is 0 Å². The largest absolute Gasteiger partial charge is 0.348 e. The van der Waals surface area contributed by atoms with Crippen LogP contribution in [0.4, 0.5) is 0 Å². The molecular weight excluding hydrogens is 393 g/mol. The number of H-pyrrole nitrogens is 1. The Morgan fingerprint density at radius 1 is 1.44 bits per heavy atom. The number of ether oxygens (including phenoxy) is 1. The van der Waals surface area contributed by atoms with E-state index < -0.39 is 44.3 Å². The molecule has 0 spiro atoms. The molecule has 0 amide bonds. The van der Waals surface area contributed by atoms with E-state index in [9.17, 15) is 28.8 Å². The highest BCUT2D eigenvalue weighted by Crippen LogP contribution is 2.46. The number of rotatable bonds is 5. The van der Waals surface area contributed by atoms with Crippen LogP contribution in [0.1, 0.15) is 18.2 Å². The molecule has 2 heterocycles. The lowest BCUT2D eigenvalue weighted by atomic mass is 10.2. The quantitative estimate of drug-likeness (QED) is 0.517. The standard InChI is InChI=1S/C12H19N2O8P3/c1-7-6-14(12(16)13-11(7)15)10-5-9(22-24(2,17)18)8(21-10)3-4-25(19,20)23/h3-4,6,8-10,19-20,23H,5H2,1-2H3,(H,17,18)(H,13,15,16)/b4-3+. The third kappa shape index (κ3) is 5.84. The maximum Gasteiger partial charge on any atom is 0.330 e. The smallest absolute Gasteiger partial charge is 0.330 e. The zero-order chi connectivity index (χ0) is 19.0. The molecule has 4 N–H and O–H groups in total. The van der Waals surface area contributed by atoms with E-state index in [1.165, 1.54) is 19.2 Å². The zero-order valence-electron chi connectivity index (χ0n) is 13.4. The molecule has 0 saturated carbocycles. The molecular formula is C12H19N2O8P3. The monoisotopic (exact) mass is 412 g/mol. The van der Waals surface area contributed by atoms with Crippen LogP contribution in [0.5, 0.6) is 0 Å². The van der Waals surface area contributed by atoms with E-state index in [2.05, 4.69) is 13.5 Å². The van der Waals surface area contributed by atoms with Crippen LogP contribution in [-0.2, 0) is 13.8 Å². The van der Waals surface area contributed by atoms with E-state index in [0.29, 0.717) is 5.56 Å². The van der Waals surface area contributed by atoms with Crippen LogP contribution in [0.3, 0.4) is 0 Å². The second kappa shape index (κ2) is 7.43. The Balaban J connectivity index is 2.34. The maximum atomic E-state index is 12.0. The Hall–Kier alpha value is -0.820. The van der Waals surface area contributed by atoms with Crippen molar-refractivity contribution in [3.63, 3.8) is 0 Å². The van der Waals surface area contributed by atoms with Crippen molar-refractivity contribution in [2.24, 2.45) is 0 Å². The number of nitrogens with zero attached hydrogens (tertiary/aromatic N) is 1. The summed E-state index contributed by atoms with van der Waals surface area (Å²) in [6.07, 6.45) is -0.0277. The number of hydrogen-bond acceptors (Lipinski definition) is 5. The minimum absolute atomic E-state index is 0.0444. The van der Waals surface area contributed by atoms with Gasteiger partial charge < -0.3 is 23.9 Å². The average Bonchev–Trinajstić information content (AvgIpc) is 2.80. The molecule has 0 bridgehead atoms. The third-order valence-corrected chi connectivity index (χ3v) is 5.08. The summed E-state index contributed by atoms with van der Waals surface area (Å²) in [4.78, 5) is 53.8. The summed E-state index contributed by atoms with van der Waals surface area (Å²) in [6.45, 7) is 2.53. The van der Waals surface area contributed by atoms with Crippen molar-refractivity contribution < 1.29 is 28.5 Å². The predicted octanol–water partition coefficient (Wildman–Crippen LogP) is 0.737. The molecule has 1 aromatic rings. The lowest BCUT2D eigenvalue weighted by Crippen LogP contribution is -2.33. The molecule has 1 aliphatic rings. The second-order valence-electron chi connectivity index (χ2n) is 5.71. The molecule has 4 unspecified atom stereocenters. The summed E-state index contributed by atoms with van der Waals surface area (Å²) in [7, 11) is -4.52. The van der Waals surface area contributed by atoms with Gasteiger partial charge in [0, 0.05) is 24.8 Å². The van der Waals surface area contributed by atoms with Crippen molar-refractivity contribution in [1.82, 2.24) is 9.55 Å². The highest BCUT2D eigenvalue weighted by atomic mass is 31.8. The van der Waals surface area contributed by atoms with Gasteiger partial charge in [0.05, 0.1) is 0 Å². The van der Waals surface area contributed by atoms with Gasteiger partial charge in [-0.15, -0.1) is 0 Å². The van der Waals surface area contributed by atoms with E-state index in [1.807, 2.05) is 0 Å². The summed E-state index contributed by atoms with van der Waals surface area (Å²) < 4.78 is 23.5. The first-order valence-electron chi connectivity index (χ1n) is 7.10. The SMILES string of the molecule is Cc1cn(C2CC(OP(C)(=O)O)C(/C=C/P(O)(O)=P)O2)c(=O)[nH]c1=O. The summed E-state index contributed by atoms with van der Waals surface area (Å²) in [5, 5.41) is 0. The van der Waals surface area contributed by atoms with Crippen molar-refractivity contribution in [3.8, 4) is 0 Å². The molecule has 13 heteroatoms. The predicted molar refractivity (Wildman–Crippen MR) is 94.0 cm³/mol. The van der Waals surface area contributed by atoms with Crippen LogP contribution in [0, 0.1) is 6.92 Å². The first-order chi connectivity index (χ1) is 11.4. The highest BCUT2D eigenvalue weighted by molar-refractivity contribution is 7.93. The van der Waals surface area contributed by atoms with E-state index in [0.717, 1.165) is 17.0 Å². The van der Waals surface area contributed by atoms with Crippen LogP contribution >= 0.6 is 23.1 Å². The fraction of sp³-hybridized carbons (Fsp3) is 0.500. The molecule has 0 aliphatic carbocycles. The molecule has 1 aliphatic heterocycles. The summed E-state index contributed by atoms with van der Waals surface area (Å²) in [6, 6.07) is 0. The van der Waals surface area contributed by atoms with Gasteiger partial charge >= 0.3 is 13.3 Å². The van der Waals surface area contributed by atoms with Gasteiger partial charge in [-0.2, -0.15) is 0 Å². The number of aromatic nitrogens is 2. The minimum atomic E-state index is -3.85. The fourth-order valence-electron chi connectivity index (χ4n) is 2.36. The third-order valence-electron chi connectivity index (χ3n) is 3.39. The summed E-state index contributed by atoms with van der Waals surface area (Å²) in [5.74, 6) is 1.06. The van der Waals surface area contributed by atoms with Crippen molar-refractivity contribution in [3.05, 3.63) is 44.5 Å². The Morgan fingerprint density at radius 3 is 2.64 bits per heavy atom. The summed E-state index contributed by atoms with van der Waals surface area (Å²) in [5.41, 5.74) is -0.927. The van der Waals surface area contributed by atoms with Crippen LogP contribution in [0.15, 0.2) is 27.7 Å². The van der Waals surface area contributed by atoms with Gasteiger partial charge in [0.15, 0.2) is 7.00 Å². The van der Waals surface area contributed by atoms with Gasteiger partial charge in [0.25, 0.3) is 5.56 Å². The number of hydrogen-bond donors (Lipinski definition) is 4. The molecule has 1 fully saturated rings. The Morgan fingerprint density at radius 2 is 2.08 bits per heavy atom. The Kier molecular flexibility index (Phi) is 6.09. The molecule has 4 atom stereocenters. The molecule has 140 valence electrons. The topological polar surface area (TPSA) is 151 Å². The maximum absolute atomic E-state index is 12.0. The van der Waals surface area contributed by atoms with Gasteiger partial charge in [0.1, 0.15) is 18.4 Å². The van der Waals surface area contributed by atoms with Crippen molar-refractivity contribution in [1.29, 1.82) is 0 Å². The minimum Gasteiger partial charge on any atom is -0.348 e. The molecule has 25 heavy (non-hydrogen) atoms. The van der Waals surface area contributed by atoms with Gasteiger partial charge in [-0.1, -0.05) is 8.53 Å². The van der Waals surface area contributed by atoms with Crippen LogP contribution < -0.4 is 11.2 Å². The lowest BCUT2D eigenvalue weighted by molar-refractivity contribution is 0.00694. The van der Waals surface area contributed by atoms with Crippen LogP contribution in [-0.4, -0.2) is 43.1 Å². The Labute approximate surface area is 144 Å². The highest BCUT2D eigenvalue weighted by Gasteiger charge is 2.39. The van der Waals surface area contributed by atoms with E-state index in [-0.39, 0.29) is 6.42 Å². The number of aryl methyl sites for hydroxylation is 1. The number of nitrogens with one attached hydrogen (secondary N) is 1. The average molecular weight is 412 g/mol. The first kappa shape index (κ1) is 20.5. The van der Waals surface area contributed by atoms with Gasteiger partial charge in [-0.05, 0) is 18.8 Å². The van der Waals surface area contributed by atoms with Gasteiger partial charge in [-0.3, -0.25) is 18.9 Å². The Bertz CT molecular complexity index is 879. The molecule has 1 saturated heterocycles. The molecule has 10 nitrogen and oxygen atoms in total. The van der Waals surface area contributed by atoms with Gasteiger partial charge in [0.2, 0.25) is 0 Å². The van der Waals surface area contributed by atoms with Crippen molar-refractivity contribution >= 4 is 23.1 Å². The molecule has 0 radical (unpaired) electrons. The van der Waals surface area contributed by atoms with Crippen molar-refractivity contribution in [2.75, 3.05) is 6.66 Å². The molecule has 2 rings (SSSR count). The second-order valence-corrected chi connectivity index (χ2v) is 11.1.